The minimum absolute atomic E-state index is 0.0740. The molecule has 1 aromatic heterocycles. The molecule has 6 heteroatoms. The van der Waals surface area contributed by atoms with Crippen LogP contribution in [0.15, 0.2) is 29.4 Å². The van der Waals surface area contributed by atoms with E-state index >= 15 is 0 Å². The van der Waals surface area contributed by atoms with E-state index in [0.29, 0.717) is 5.03 Å². The van der Waals surface area contributed by atoms with Gasteiger partial charge in [0.1, 0.15) is 0 Å². The number of rotatable bonds is 1. The van der Waals surface area contributed by atoms with Gasteiger partial charge in [-0.3, -0.25) is 4.98 Å². The van der Waals surface area contributed by atoms with E-state index < -0.39 is 6.72 Å². The fourth-order valence-corrected chi connectivity index (χ4v) is 2.28. The van der Waals surface area contributed by atoms with Gasteiger partial charge in [-0.1, -0.05) is 17.0 Å². The lowest BCUT2D eigenvalue weighted by Gasteiger charge is -2.00. The maximum absolute atomic E-state index is 8.64. The molecule has 4 nitrogen and oxygen atoms in total. The summed E-state index contributed by atoms with van der Waals surface area (Å²) in [5.74, 6) is 0. The van der Waals surface area contributed by atoms with Crippen molar-refractivity contribution in [2.75, 3.05) is 0 Å². The lowest BCUT2D eigenvalue weighted by Crippen LogP contribution is -1.82. The molecule has 62 valence electrons. The fourth-order valence-electron chi connectivity index (χ4n) is 0.550. The molecule has 3 N–H and O–H groups in total. The van der Waals surface area contributed by atoms with Crippen LogP contribution in [0.5, 0.6) is 0 Å². The van der Waals surface area contributed by atoms with Crippen LogP contribution < -0.4 is 0 Å². The molecule has 0 saturated carbocycles. The average molecular weight is 193 g/mol. The Bertz CT molecular complexity index is 275. The predicted octanol–water partition coefficient (Wildman–Crippen LogP) is -0.0901. The normalized spacial score (nSPS) is 11.5. The second-order valence-electron chi connectivity index (χ2n) is 1.82. The highest BCUT2D eigenvalue weighted by Crippen LogP contribution is 2.32. The largest absolute Gasteiger partial charge is 0.328 e. The van der Waals surface area contributed by atoms with Gasteiger partial charge in [-0.05, 0) is 12.1 Å². The van der Waals surface area contributed by atoms with Gasteiger partial charge in [0.2, 0.25) is 0 Å². The highest BCUT2D eigenvalue weighted by Gasteiger charge is 2.00. The SMILES string of the molecule is OP(O)(O)=[SH]c1ccccn1. The van der Waals surface area contributed by atoms with Gasteiger partial charge in [0.15, 0.2) is 0 Å². The molecule has 0 fully saturated rings. The third-order valence-corrected chi connectivity index (χ3v) is 3.04. The van der Waals surface area contributed by atoms with E-state index in [1.807, 2.05) is 0 Å². The molecule has 0 radical (unpaired) electrons. The number of nitrogens with zero attached hydrogens (tertiary/aromatic N) is 1. The summed E-state index contributed by atoms with van der Waals surface area (Å²) in [7, 11) is 0.0740. The Kier molecular flexibility index (Phi) is 2.81. The monoisotopic (exact) mass is 193 g/mol. The molecule has 0 amide bonds. The summed E-state index contributed by atoms with van der Waals surface area (Å²) in [6.07, 6.45) is 1.53. The summed E-state index contributed by atoms with van der Waals surface area (Å²) in [5.41, 5.74) is 0. The summed E-state index contributed by atoms with van der Waals surface area (Å²) in [5, 5.41) is 0.452. The van der Waals surface area contributed by atoms with Crippen molar-refractivity contribution < 1.29 is 14.7 Å². The van der Waals surface area contributed by atoms with E-state index in [0.717, 1.165) is 0 Å². The zero-order valence-electron chi connectivity index (χ0n) is 5.49. The molecule has 1 rings (SSSR count). The van der Waals surface area contributed by atoms with Crippen LogP contribution in [0.1, 0.15) is 0 Å². The van der Waals surface area contributed by atoms with Gasteiger partial charge in [-0.15, -0.1) is 0 Å². The minimum Gasteiger partial charge on any atom is -0.328 e. The van der Waals surface area contributed by atoms with E-state index in [-0.39, 0.29) is 10.9 Å². The van der Waals surface area contributed by atoms with Crippen molar-refractivity contribution in [2.24, 2.45) is 0 Å². The van der Waals surface area contributed by atoms with Crippen molar-refractivity contribution in [1.29, 1.82) is 0 Å². The van der Waals surface area contributed by atoms with E-state index in [9.17, 15) is 0 Å². The van der Waals surface area contributed by atoms with Crippen molar-refractivity contribution >= 4 is 17.7 Å². The van der Waals surface area contributed by atoms with Crippen LogP contribution in [-0.4, -0.2) is 19.7 Å². The fraction of sp³-hybridized carbons (Fsp3) is 0. The molecule has 0 aliphatic rings. The molecular formula is C5H8NO3PS. The Morgan fingerprint density at radius 2 is 2.00 bits per heavy atom. The van der Waals surface area contributed by atoms with Gasteiger partial charge in [0, 0.05) is 6.20 Å². The number of hydrogen-bond acceptors (Lipinski definition) is 1. The lowest BCUT2D eigenvalue weighted by atomic mass is 10.5. The number of pyridine rings is 1. The van der Waals surface area contributed by atoms with Gasteiger partial charge in [0.05, 0.1) is 5.03 Å². The summed E-state index contributed by atoms with van der Waals surface area (Å²) < 4.78 is 0. The summed E-state index contributed by atoms with van der Waals surface area (Å²) in [6, 6.07) is 5.04. The Balaban J connectivity index is 2.98. The smallest absolute Gasteiger partial charge is 0.280 e. The van der Waals surface area contributed by atoms with Crippen LogP contribution in [0.25, 0.3) is 0 Å². The Morgan fingerprint density at radius 1 is 1.27 bits per heavy atom. The van der Waals surface area contributed by atoms with Crippen molar-refractivity contribution in [3.8, 4) is 0 Å². The highest BCUT2D eigenvalue weighted by molar-refractivity contribution is 8.16. The third kappa shape index (κ3) is 3.65. The quantitative estimate of drug-likeness (QED) is 0.371. The van der Waals surface area contributed by atoms with Crippen LogP contribution in [-0.2, 0) is 10.9 Å². The van der Waals surface area contributed by atoms with Crippen molar-refractivity contribution in [1.82, 2.24) is 4.98 Å². The second-order valence-corrected chi connectivity index (χ2v) is 5.77. The molecule has 0 bridgehead atoms. The maximum Gasteiger partial charge on any atom is 0.280 e. The first-order chi connectivity index (χ1) is 5.08. The van der Waals surface area contributed by atoms with E-state index in [4.69, 9.17) is 14.7 Å². The number of hydrogen-bond donors (Lipinski definition) is 4. The predicted molar refractivity (Wildman–Crippen MR) is 44.8 cm³/mol. The molecule has 1 aromatic rings. The Hall–Kier alpha value is -0.190. The topological polar surface area (TPSA) is 73.6 Å². The average Bonchev–Trinajstić information content (AvgIpc) is 1.85. The first-order valence-corrected chi connectivity index (χ1v) is 6.04. The zero-order chi connectivity index (χ0) is 8.32. The van der Waals surface area contributed by atoms with Crippen molar-refractivity contribution in [3.05, 3.63) is 24.4 Å². The van der Waals surface area contributed by atoms with E-state index in [2.05, 4.69) is 4.98 Å². The molecule has 0 aromatic carbocycles. The Labute approximate surface area is 67.4 Å². The zero-order valence-corrected chi connectivity index (χ0v) is 7.28. The van der Waals surface area contributed by atoms with Crippen LogP contribution in [0.2, 0.25) is 0 Å². The summed E-state index contributed by atoms with van der Waals surface area (Å²) in [4.78, 5) is 29.7. The van der Waals surface area contributed by atoms with E-state index in [1.54, 1.807) is 18.2 Å². The number of thiol groups is 1. The van der Waals surface area contributed by atoms with Crippen LogP contribution in [0.4, 0.5) is 0 Å². The van der Waals surface area contributed by atoms with Crippen LogP contribution in [0.3, 0.4) is 0 Å². The molecule has 0 spiro atoms. The maximum atomic E-state index is 8.64. The van der Waals surface area contributed by atoms with Gasteiger partial charge in [-0.2, -0.15) is 0 Å². The first-order valence-electron chi connectivity index (χ1n) is 2.79. The Morgan fingerprint density at radius 3 is 2.45 bits per heavy atom. The van der Waals surface area contributed by atoms with Gasteiger partial charge >= 0.3 is 0 Å². The summed E-state index contributed by atoms with van der Waals surface area (Å²) >= 11 is 0. The summed E-state index contributed by atoms with van der Waals surface area (Å²) in [6.45, 7) is -3.73. The van der Waals surface area contributed by atoms with Crippen molar-refractivity contribution in [2.45, 2.75) is 5.03 Å². The molecular weight excluding hydrogens is 185 g/mol. The standard InChI is InChI=1S/C5H8NO3PS/c7-10(8,9)11-5-3-1-2-4-6-5/h1-4,7-9,11H. The third-order valence-electron chi connectivity index (χ3n) is 0.886. The van der Waals surface area contributed by atoms with Crippen LogP contribution in [0, 0.1) is 0 Å². The van der Waals surface area contributed by atoms with E-state index in [1.165, 1.54) is 6.20 Å². The molecule has 0 unspecified atom stereocenters. The van der Waals surface area contributed by atoms with Gasteiger partial charge < -0.3 is 14.7 Å². The number of aromatic nitrogens is 1. The molecule has 11 heavy (non-hydrogen) atoms. The molecule has 1 heterocycles. The first kappa shape index (κ1) is 8.90. The highest BCUT2D eigenvalue weighted by atomic mass is 32.5. The molecule has 0 atom stereocenters. The minimum atomic E-state index is -3.73. The van der Waals surface area contributed by atoms with Crippen LogP contribution >= 0.6 is 6.72 Å². The molecule has 0 saturated heterocycles. The molecule has 0 aliphatic heterocycles. The van der Waals surface area contributed by atoms with Gasteiger partial charge in [0.25, 0.3) is 6.72 Å². The molecule has 0 aliphatic carbocycles. The van der Waals surface area contributed by atoms with Gasteiger partial charge in [-0.25, -0.2) is 0 Å². The van der Waals surface area contributed by atoms with Crippen molar-refractivity contribution in [3.63, 3.8) is 0 Å². The lowest BCUT2D eigenvalue weighted by molar-refractivity contribution is 0.363. The second kappa shape index (κ2) is 3.47.